The summed E-state index contributed by atoms with van der Waals surface area (Å²) in [6.07, 6.45) is 3.83. The molecule has 0 spiro atoms. The van der Waals surface area contributed by atoms with Crippen LogP contribution in [0.4, 0.5) is 10.1 Å². The average Bonchev–Trinajstić information content (AvgIpc) is 3.30. The zero-order chi connectivity index (χ0) is 17.9. The Morgan fingerprint density at radius 3 is 2.64 bits per heavy atom. The van der Waals surface area contributed by atoms with E-state index >= 15 is 0 Å². The van der Waals surface area contributed by atoms with Crippen LogP contribution in [0.2, 0.25) is 0 Å². The average molecular weight is 345 g/mol. The Hall–Kier alpha value is -2.41. The topological polar surface area (TPSA) is 88.0 Å². The van der Waals surface area contributed by atoms with Crippen molar-refractivity contribution in [2.24, 2.45) is 5.73 Å². The quantitative estimate of drug-likeness (QED) is 0.886. The minimum absolute atomic E-state index is 0.00880. The molecule has 0 bridgehead atoms. The lowest BCUT2D eigenvalue weighted by Gasteiger charge is -2.23. The molecule has 0 aromatic carbocycles. The summed E-state index contributed by atoms with van der Waals surface area (Å²) < 4.78 is 16.0. The summed E-state index contributed by atoms with van der Waals surface area (Å²) in [4.78, 5) is 25.9. The second kappa shape index (κ2) is 5.56. The minimum Gasteiger partial charge on any atom is -0.477 e. The highest BCUT2D eigenvalue weighted by Gasteiger charge is 2.31. The third kappa shape index (κ3) is 2.50. The Bertz CT molecular complexity index is 949. The molecule has 7 heteroatoms. The molecule has 1 aliphatic carbocycles. The van der Waals surface area contributed by atoms with Gasteiger partial charge >= 0.3 is 5.97 Å². The largest absolute Gasteiger partial charge is 0.477 e. The number of nitrogens with two attached hydrogens (primary N) is 1. The number of halogens is 1. The van der Waals surface area contributed by atoms with E-state index in [1.54, 1.807) is 6.92 Å². The predicted octanol–water partition coefficient (Wildman–Crippen LogP) is 1.86. The van der Waals surface area contributed by atoms with E-state index in [4.69, 9.17) is 5.73 Å². The molecule has 0 radical (unpaired) electrons. The number of carboxylic acids is 1. The van der Waals surface area contributed by atoms with Crippen molar-refractivity contribution in [3.8, 4) is 0 Å². The number of fused-ring (bicyclic) bond motifs is 1. The molecule has 0 unspecified atom stereocenters. The fraction of sp³-hybridized carbons (Fsp3) is 0.444. The fourth-order valence-corrected chi connectivity index (χ4v) is 3.88. The summed E-state index contributed by atoms with van der Waals surface area (Å²) in [5.41, 5.74) is 7.54. The van der Waals surface area contributed by atoms with E-state index in [0.29, 0.717) is 29.9 Å². The Labute approximate surface area is 143 Å². The number of pyridine rings is 2. The number of aryl methyl sites for hydroxylation is 1. The highest BCUT2D eigenvalue weighted by molar-refractivity contribution is 5.89. The monoisotopic (exact) mass is 345 g/mol. The van der Waals surface area contributed by atoms with E-state index in [1.807, 2.05) is 4.90 Å². The molecule has 3 heterocycles. The molecule has 0 amide bonds. The van der Waals surface area contributed by atoms with Gasteiger partial charge in [0.1, 0.15) is 5.56 Å². The van der Waals surface area contributed by atoms with Crippen LogP contribution in [0.25, 0.3) is 5.52 Å². The first-order chi connectivity index (χ1) is 11.9. The molecule has 2 aromatic rings. The summed E-state index contributed by atoms with van der Waals surface area (Å²) >= 11 is 0. The summed E-state index contributed by atoms with van der Waals surface area (Å²) in [7, 11) is 0. The first kappa shape index (κ1) is 16.1. The molecule has 2 aliphatic rings. The maximum absolute atomic E-state index is 14.8. The van der Waals surface area contributed by atoms with Gasteiger partial charge in [0, 0.05) is 19.1 Å². The lowest BCUT2D eigenvalue weighted by atomic mass is 10.0. The standard InChI is InChI=1S/C18H20FN3O3/c1-9-15-12(10-2-3-10)6-13(18(24)25)17(23)22(15)8-14(19)16(9)21-5-4-11(20)7-21/h6,8,10-11H,2-5,7,20H2,1H3,(H,24,25)/t11-/m1/s1. The summed E-state index contributed by atoms with van der Waals surface area (Å²) in [5, 5.41) is 9.32. The normalized spacial score (nSPS) is 20.4. The van der Waals surface area contributed by atoms with E-state index in [-0.39, 0.29) is 17.5 Å². The van der Waals surface area contributed by atoms with Crippen LogP contribution in [0, 0.1) is 12.7 Å². The van der Waals surface area contributed by atoms with Crippen molar-refractivity contribution in [1.29, 1.82) is 0 Å². The van der Waals surface area contributed by atoms with Crippen LogP contribution < -0.4 is 16.2 Å². The Kier molecular flexibility index (Phi) is 3.57. The number of anilines is 1. The van der Waals surface area contributed by atoms with Crippen LogP contribution in [-0.4, -0.2) is 34.6 Å². The number of carboxylic acid groups (broad SMARTS) is 1. The van der Waals surface area contributed by atoms with E-state index in [2.05, 4.69) is 0 Å². The number of nitrogens with zero attached hydrogens (tertiary/aromatic N) is 2. The molecule has 1 atom stereocenters. The molecule has 2 aromatic heterocycles. The van der Waals surface area contributed by atoms with Gasteiger partial charge in [0.15, 0.2) is 5.82 Å². The zero-order valence-corrected chi connectivity index (χ0v) is 14.0. The molecule has 1 saturated carbocycles. The summed E-state index contributed by atoms with van der Waals surface area (Å²) in [5.74, 6) is -1.58. The molecule has 25 heavy (non-hydrogen) atoms. The molecule has 2 fully saturated rings. The first-order valence-electron chi connectivity index (χ1n) is 8.50. The molecule has 4 rings (SSSR count). The van der Waals surface area contributed by atoms with Crippen LogP contribution in [0.1, 0.15) is 46.7 Å². The van der Waals surface area contributed by atoms with Crippen LogP contribution in [-0.2, 0) is 0 Å². The molecule has 132 valence electrons. The van der Waals surface area contributed by atoms with Crippen LogP contribution >= 0.6 is 0 Å². The van der Waals surface area contributed by atoms with Gasteiger partial charge in [-0.1, -0.05) is 0 Å². The molecular formula is C18H20FN3O3. The van der Waals surface area contributed by atoms with Crippen molar-refractivity contribution in [3.05, 3.63) is 45.1 Å². The number of hydrogen-bond donors (Lipinski definition) is 2. The van der Waals surface area contributed by atoms with E-state index < -0.39 is 17.3 Å². The van der Waals surface area contributed by atoms with E-state index in [9.17, 15) is 19.1 Å². The molecular weight excluding hydrogens is 325 g/mol. The second-order valence-electron chi connectivity index (χ2n) is 7.06. The Morgan fingerprint density at radius 2 is 2.08 bits per heavy atom. The van der Waals surface area contributed by atoms with Crippen molar-refractivity contribution in [2.75, 3.05) is 18.0 Å². The van der Waals surface area contributed by atoms with Crippen molar-refractivity contribution in [2.45, 2.75) is 38.1 Å². The van der Waals surface area contributed by atoms with Gasteiger partial charge in [0.25, 0.3) is 5.56 Å². The summed E-state index contributed by atoms with van der Waals surface area (Å²) in [6, 6.07) is 1.48. The number of hydrogen-bond acceptors (Lipinski definition) is 4. The minimum atomic E-state index is -1.28. The Balaban J connectivity index is 2.03. The van der Waals surface area contributed by atoms with Crippen molar-refractivity contribution >= 4 is 17.2 Å². The summed E-state index contributed by atoms with van der Waals surface area (Å²) in [6.45, 7) is 3.04. The predicted molar refractivity (Wildman–Crippen MR) is 92.1 cm³/mol. The molecule has 1 saturated heterocycles. The number of aromatic carboxylic acids is 1. The van der Waals surface area contributed by atoms with Crippen LogP contribution in [0.15, 0.2) is 17.1 Å². The maximum Gasteiger partial charge on any atom is 0.341 e. The van der Waals surface area contributed by atoms with E-state index in [1.165, 1.54) is 10.5 Å². The lowest BCUT2D eigenvalue weighted by Crippen LogP contribution is -2.29. The van der Waals surface area contributed by atoms with Gasteiger partial charge in [-0.15, -0.1) is 0 Å². The number of rotatable bonds is 3. The fourth-order valence-electron chi connectivity index (χ4n) is 3.88. The van der Waals surface area contributed by atoms with Gasteiger partial charge in [-0.05, 0) is 49.3 Å². The van der Waals surface area contributed by atoms with E-state index in [0.717, 1.165) is 31.0 Å². The van der Waals surface area contributed by atoms with Gasteiger partial charge in [0.2, 0.25) is 0 Å². The highest BCUT2D eigenvalue weighted by Crippen LogP contribution is 2.44. The SMILES string of the molecule is Cc1c(N2CC[C@@H](N)C2)c(F)cn2c(=O)c(C(=O)O)cc(C3CC3)c12. The number of carbonyl (C=O) groups is 1. The van der Waals surface area contributed by atoms with Gasteiger partial charge in [-0.25, -0.2) is 9.18 Å². The smallest absolute Gasteiger partial charge is 0.341 e. The molecule has 3 N–H and O–H groups in total. The van der Waals surface area contributed by atoms with Crippen LogP contribution in [0.5, 0.6) is 0 Å². The van der Waals surface area contributed by atoms with Crippen molar-refractivity contribution in [1.82, 2.24) is 4.40 Å². The lowest BCUT2D eigenvalue weighted by molar-refractivity contribution is 0.0694. The second-order valence-corrected chi connectivity index (χ2v) is 7.06. The number of aromatic nitrogens is 1. The van der Waals surface area contributed by atoms with Crippen molar-refractivity contribution < 1.29 is 14.3 Å². The van der Waals surface area contributed by atoms with Gasteiger partial charge in [-0.3, -0.25) is 9.20 Å². The van der Waals surface area contributed by atoms with Gasteiger partial charge in [-0.2, -0.15) is 0 Å². The third-order valence-corrected chi connectivity index (χ3v) is 5.23. The van der Waals surface area contributed by atoms with Gasteiger partial charge in [0.05, 0.1) is 17.4 Å². The molecule has 1 aliphatic heterocycles. The third-order valence-electron chi connectivity index (χ3n) is 5.23. The zero-order valence-electron chi connectivity index (χ0n) is 14.0. The first-order valence-corrected chi connectivity index (χ1v) is 8.50. The van der Waals surface area contributed by atoms with Crippen molar-refractivity contribution in [3.63, 3.8) is 0 Å². The van der Waals surface area contributed by atoms with Gasteiger partial charge < -0.3 is 15.7 Å². The Morgan fingerprint density at radius 1 is 1.36 bits per heavy atom. The molecule has 6 nitrogen and oxygen atoms in total. The highest BCUT2D eigenvalue weighted by atomic mass is 19.1. The van der Waals surface area contributed by atoms with Crippen LogP contribution in [0.3, 0.4) is 0 Å². The maximum atomic E-state index is 14.8.